The number of anilines is 1. The minimum atomic E-state index is -0.334. The fourth-order valence-electron chi connectivity index (χ4n) is 2.75. The Morgan fingerprint density at radius 1 is 0.862 bits per heavy atom. The number of carbonyl (C=O) groups excluding carboxylic acids is 1. The van der Waals surface area contributed by atoms with Gasteiger partial charge in [-0.25, -0.2) is 0 Å². The molecule has 0 saturated carbocycles. The van der Waals surface area contributed by atoms with Crippen LogP contribution in [0.1, 0.15) is 5.56 Å². The molecule has 6 heteroatoms. The van der Waals surface area contributed by atoms with Crippen LogP contribution in [-0.4, -0.2) is 26.7 Å². The van der Waals surface area contributed by atoms with E-state index in [1.807, 2.05) is 61.5 Å². The van der Waals surface area contributed by atoms with Gasteiger partial charge in [-0.3, -0.25) is 4.79 Å². The summed E-state index contributed by atoms with van der Waals surface area (Å²) in [4.78, 5) is 12.5. The van der Waals surface area contributed by atoms with Crippen LogP contribution in [0.15, 0.2) is 66.7 Å². The molecule has 150 valence electrons. The zero-order valence-electron chi connectivity index (χ0n) is 16.6. The van der Waals surface area contributed by atoms with Gasteiger partial charge in [0.2, 0.25) is 5.75 Å². The molecule has 0 saturated heterocycles. The van der Waals surface area contributed by atoms with Crippen molar-refractivity contribution in [3.8, 4) is 28.7 Å². The highest BCUT2D eigenvalue weighted by Gasteiger charge is 2.15. The highest BCUT2D eigenvalue weighted by molar-refractivity contribution is 5.93. The molecule has 3 aromatic carbocycles. The van der Waals surface area contributed by atoms with Crippen LogP contribution in [-0.2, 0) is 4.79 Å². The Hall–Kier alpha value is -3.67. The van der Waals surface area contributed by atoms with Gasteiger partial charge in [0.25, 0.3) is 5.91 Å². The number of para-hydroxylation sites is 3. The number of carbonyl (C=O) groups is 1. The summed E-state index contributed by atoms with van der Waals surface area (Å²) in [7, 11) is 3.08. The Morgan fingerprint density at radius 2 is 1.48 bits per heavy atom. The molecule has 0 unspecified atom stereocenters. The first kappa shape index (κ1) is 20.1. The van der Waals surface area contributed by atoms with E-state index in [0.717, 1.165) is 5.56 Å². The van der Waals surface area contributed by atoms with Gasteiger partial charge in [0.15, 0.2) is 23.9 Å². The molecule has 3 aromatic rings. The first-order valence-electron chi connectivity index (χ1n) is 9.08. The van der Waals surface area contributed by atoms with Crippen LogP contribution in [0.2, 0.25) is 0 Å². The van der Waals surface area contributed by atoms with Crippen LogP contribution < -0.4 is 24.3 Å². The predicted octanol–water partition coefficient (Wildman–Crippen LogP) is 4.82. The number of hydrogen-bond acceptors (Lipinski definition) is 5. The maximum atomic E-state index is 12.5. The van der Waals surface area contributed by atoms with Crippen molar-refractivity contribution in [1.29, 1.82) is 0 Å². The summed E-state index contributed by atoms with van der Waals surface area (Å²) in [6.07, 6.45) is 0. The van der Waals surface area contributed by atoms with Crippen LogP contribution in [0.4, 0.5) is 5.69 Å². The van der Waals surface area contributed by atoms with Crippen LogP contribution in [0.5, 0.6) is 28.7 Å². The lowest BCUT2D eigenvalue weighted by Gasteiger charge is -2.16. The topological polar surface area (TPSA) is 66.0 Å². The summed E-state index contributed by atoms with van der Waals surface area (Å²) in [5, 5.41) is 2.82. The van der Waals surface area contributed by atoms with Crippen molar-refractivity contribution >= 4 is 11.6 Å². The van der Waals surface area contributed by atoms with Crippen molar-refractivity contribution in [2.45, 2.75) is 6.92 Å². The van der Waals surface area contributed by atoms with Crippen LogP contribution >= 0.6 is 0 Å². The highest BCUT2D eigenvalue weighted by Crippen LogP contribution is 2.38. The van der Waals surface area contributed by atoms with Gasteiger partial charge in [0.05, 0.1) is 19.9 Å². The summed E-state index contributed by atoms with van der Waals surface area (Å²) in [5.74, 6) is 2.27. The fraction of sp³-hybridized carbons (Fsp3) is 0.174. The highest BCUT2D eigenvalue weighted by atomic mass is 16.5. The molecule has 0 aliphatic carbocycles. The maximum Gasteiger partial charge on any atom is 0.262 e. The molecule has 3 rings (SSSR count). The zero-order valence-corrected chi connectivity index (χ0v) is 16.6. The lowest BCUT2D eigenvalue weighted by Crippen LogP contribution is -2.20. The molecule has 29 heavy (non-hydrogen) atoms. The Balaban J connectivity index is 1.70. The van der Waals surface area contributed by atoms with Crippen molar-refractivity contribution in [3.05, 3.63) is 72.3 Å². The summed E-state index contributed by atoms with van der Waals surface area (Å²) in [5.41, 5.74) is 1.51. The molecule has 0 aliphatic rings. The molecule has 1 N–H and O–H groups in total. The largest absolute Gasteiger partial charge is 0.493 e. The Labute approximate surface area is 170 Å². The van der Waals surface area contributed by atoms with E-state index in [9.17, 15) is 4.79 Å². The lowest BCUT2D eigenvalue weighted by molar-refractivity contribution is -0.118. The second-order valence-corrected chi connectivity index (χ2v) is 6.25. The summed E-state index contributed by atoms with van der Waals surface area (Å²) in [6, 6.07) is 20.2. The number of rotatable bonds is 8. The second-order valence-electron chi connectivity index (χ2n) is 6.25. The van der Waals surface area contributed by atoms with E-state index in [2.05, 4.69) is 5.32 Å². The van der Waals surface area contributed by atoms with Gasteiger partial charge in [-0.1, -0.05) is 30.3 Å². The number of amides is 1. The summed E-state index contributed by atoms with van der Waals surface area (Å²) in [6.45, 7) is 1.71. The number of benzene rings is 3. The third-order valence-corrected chi connectivity index (χ3v) is 4.08. The smallest absolute Gasteiger partial charge is 0.262 e. The Kier molecular flexibility index (Phi) is 6.58. The van der Waals surface area contributed by atoms with Crippen LogP contribution in [0, 0.1) is 6.92 Å². The predicted molar refractivity (Wildman–Crippen MR) is 111 cm³/mol. The minimum absolute atomic E-state index is 0.213. The quantitative estimate of drug-likeness (QED) is 0.594. The molecule has 0 radical (unpaired) electrons. The van der Waals surface area contributed by atoms with Crippen molar-refractivity contribution in [2.24, 2.45) is 0 Å². The van der Waals surface area contributed by atoms with Crippen LogP contribution in [0.3, 0.4) is 0 Å². The SMILES string of the molecule is COc1cc(C)cc(OC)c1OCC(=O)Nc1ccccc1Oc1ccccc1. The molecule has 0 fully saturated rings. The van der Waals surface area contributed by atoms with Gasteiger partial charge in [0.1, 0.15) is 5.75 Å². The van der Waals surface area contributed by atoms with E-state index in [1.54, 1.807) is 12.1 Å². The van der Waals surface area contributed by atoms with Gasteiger partial charge in [0, 0.05) is 0 Å². The number of aryl methyl sites for hydroxylation is 1. The van der Waals surface area contributed by atoms with E-state index in [1.165, 1.54) is 14.2 Å². The van der Waals surface area contributed by atoms with Crippen molar-refractivity contribution in [2.75, 3.05) is 26.1 Å². The number of nitrogens with one attached hydrogen (secondary N) is 1. The normalized spacial score (nSPS) is 10.2. The van der Waals surface area contributed by atoms with Crippen molar-refractivity contribution < 1.29 is 23.7 Å². The van der Waals surface area contributed by atoms with E-state index >= 15 is 0 Å². The molecular weight excluding hydrogens is 370 g/mol. The van der Waals surface area contributed by atoms with Gasteiger partial charge in [-0.05, 0) is 48.9 Å². The molecule has 0 bridgehead atoms. The first-order chi connectivity index (χ1) is 14.1. The van der Waals surface area contributed by atoms with E-state index < -0.39 is 0 Å². The molecule has 0 heterocycles. The van der Waals surface area contributed by atoms with Gasteiger partial charge in [-0.15, -0.1) is 0 Å². The molecule has 6 nitrogen and oxygen atoms in total. The molecule has 0 spiro atoms. The van der Waals surface area contributed by atoms with E-state index in [-0.39, 0.29) is 12.5 Å². The Morgan fingerprint density at radius 3 is 2.14 bits per heavy atom. The molecule has 0 aromatic heterocycles. The first-order valence-corrected chi connectivity index (χ1v) is 9.08. The third-order valence-electron chi connectivity index (χ3n) is 4.08. The van der Waals surface area contributed by atoms with Crippen molar-refractivity contribution in [1.82, 2.24) is 0 Å². The van der Waals surface area contributed by atoms with Crippen molar-refractivity contribution in [3.63, 3.8) is 0 Å². The minimum Gasteiger partial charge on any atom is -0.493 e. The summed E-state index contributed by atoms with van der Waals surface area (Å²) < 4.78 is 22.3. The zero-order chi connectivity index (χ0) is 20.6. The lowest BCUT2D eigenvalue weighted by atomic mass is 10.2. The average molecular weight is 393 g/mol. The molecule has 0 atom stereocenters. The monoisotopic (exact) mass is 393 g/mol. The van der Waals surface area contributed by atoms with Crippen LogP contribution in [0.25, 0.3) is 0 Å². The van der Waals surface area contributed by atoms with E-state index in [4.69, 9.17) is 18.9 Å². The van der Waals surface area contributed by atoms with E-state index in [0.29, 0.717) is 34.4 Å². The second kappa shape index (κ2) is 9.50. The summed E-state index contributed by atoms with van der Waals surface area (Å²) >= 11 is 0. The standard InChI is InChI=1S/C23H23NO5/c1-16-13-20(26-2)23(21(14-16)27-3)28-15-22(25)24-18-11-7-8-12-19(18)29-17-9-5-4-6-10-17/h4-14H,15H2,1-3H3,(H,24,25). The average Bonchev–Trinajstić information content (AvgIpc) is 2.74. The van der Waals surface area contributed by atoms with Gasteiger partial charge < -0.3 is 24.3 Å². The molecule has 0 aliphatic heterocycles. The number of ether oxygens (including phenoxy) is 4. The molecule has 1 amide bonds. The maximum absolute atomic E-state index is 12.5. The van der Waals surface area contributed by atoms with Gasteiger partial charge >= 0.3 is 0 Å². The third kappa shape index (κ3) is 5.19. The number of hydrogen-bond donors (Lipinski definition) is 1. The van der Waals surface area contributed by atoms with Gasteiger partial charge in [-0.2, -0.15) is 0 Å². The number of methoxy groups -OCH3 is 2. The fourth-order valence-corrected chi connectivity index (χ4v) is 2.75. The Bertz CT molecular complexity index is 947. The molecular formula is C23H23NO5.